The number of aliphatic hydroxyl groups is 1. The van der Waals surface area contributed by atoms with Crippen molar-refractivity contribution in [3.05, 3.63) is 0 Å². The Bertz CT molecular complexity index is 156. The number of aliphatic hydroxyl groups excluding tert-OH is 1. The summed E-state index contributed by atoms with van der Waals surface area (Å²) >= 11 is 0. The molecule has 3 nitrogen and oxygen atoms in total. The molecule has 0 amide bonds. The highest BCUT2D eigenvalue weighted by Gasteiger charge is 2.16. The highest BCUT2D eigenvalue weighted by Crippen LogP contribution is 2.14. The molecule has 1 unspecified atom stereocenters. The lowest BCUT2D eigenvalue weighted by Gasteiger charge is -2.25. The molecule has 0 aromatic rings. The van der Waals surface area contributed by atoms with E-state index >= 15 is 0 Å². The zero-order chi connectivity index (χ0) is 11.1. The third-order valence-electron chi connectivity index (χ3n) is 3.01. The van der Waals surface area contributed by atoms with Gasteiger partial charge in [-0.25, -0.2) is 0 Å². The lowest BCUT2D eigenvalue weighted by molar-refractivity contribution is 0.0642. The smallest absolute Gasteiger partial charge is 0.0584 e. The topological polar surface area (TPSA) is 41.5 Å². The van der Waals surface area contributed by atoms with Crippen molar-refractivity contribution in [1.29, 1.82) is 0 Å². The molecule has 0 spiro atoms. The second kappa shape index (κ2) is 7.20. The van der Waals surface area contributed by atoms with Crippen molar-refractivity contribution in [1.82, 2.24) is 5.32 Å². The van der Waals surface area contributed by atoms with E-state index in [1.54, 1.807) is 0 Å². The second-order valence-electron chi connectivity index (χ2n) is 4.97. The zero-order valence-corrected chi connectivity index (χ0v) is 10.0. The minimum Gasteiger partial charge on any atom is -0.395 e. The Hall–Kier alpha value is -0.120. The predicted molar refractivity (Wildman–Crippen MR) is 61.9 cm³/mol. The normalized spacial score (nSPS) is 20.8. The summed E-state index contributed by atoms with van der Waals surface area (Å²) < 4.78 is 5.32. The van der Waals surface area contributed by atoms with Crippen LogP contribution in [0.5, 0.6) is 0 Å². The molecular weight excluding hydrogens is 190 g/mol. The molecule has 1 atom stereocenters. The van der Waals surface area contributed by atoms with Gasteiger partial charge < -0.3 is 15.2 Å². The van der Waals surface area contributed by atoms with E-state index in [1.807, 2.05) is 0 Å². The van der Waals surface area contributed by atoms with Gasteiger partial charge in [0.1, 0.15) is 0 Å². The Morgan fingerprint density at radius 1 is 1.33 bits per heavy atom. The summed E-state index contributed by atoms with van der Waals surface area (Å²) in [4.78, 5) is 0. The molecule has 0 radical (unpaired) electrons. The van der Waals surface area contributed by atoms with Crippen molar-refractivity contribution in [3.8, 4) is 0 Å². The first-order valence-electron chi connectivity index (χ1n) is 6.14. The molecule has 1 saturated heterocycles. The Balaban J connectivity index is 2.14. The molecule has 1 aliphatic rings. The van der Waals surface area contributed by atoms with Crippen LogP contribution in [0.15, 0.2) is 0 Å². The summed E-state index contributed by atoms with van der Waals surface area (Å²) in [6, 6.07) is 0.271. The maximum atomic E-state index is 9.22. The third-order valence-corrected chi connectivity index (χ3v) is 3.01. The van der Waals surface area contributed by atoms with Crippen molar-refractivity contribution >= 4 is 0 Å². The van der Waals surface area contributed by atoms with Gasteiger partial charge in [0.05, 0.1) is 6.61 Å². The van der Waals surface area contributed by atoms with Gasteiger partial charge in [-0.1, -0.05) is 13.8 Å². The van der Waals surface area contributed by atoms with Crippen LogP contribution in [-0.2, 0) is 4.74 Å². The zero-order valence-electron chi connectivity index (χ0n) is 10.0. The van der Waals surface area contributed by atoms with Crippen LogP contribution >= 0.6 is 0 Å². The molecular formula is C12H25NO2. The average molecular weight is 215 g/mol. The SMILES string of the molecule is CC(C)CC(CO)NCC1CCOCC1. The van der Waals surface area contributed by atoms with Gasteiger partial charge in [-0.2, -0.15) is 0 Å². The quantitative estimate of drug-likeness (QED) is 0.704. The summed E-state index contributed by atoms with van der Waals surface area (Å²) in [5.74, 6) is 1.38. The molecule has 0 bridgehead atoms. The minimum atomic E-state index is 0.251. The van der Waals surface area contributed by atoms with Crippen LogP contribution in [0.1, 0.15) is 33.1 Å². The van der Waals surface area contributed by atoms with Crippen LogP contribution in [0, 0.1) is 11.8 Å². The molecule has 90 valence electrons. The third kappa shape index (κ3) is 5.50. The standard InChI is InChI=1S/C12H25NO2/c1-10(2)7-12(9-14)13-8-11-3-5-15-6-4-11/h10-14H,3-9H2,1-2H3. The van der Waals surface area contributed by atoms with E-state index in [-0.39, 0.29) is 12.6 Å². The van der Waals surface area contributed by atoms with E-state index in [9.17, 15) is 5.11 Å². The van der Waals surface area contributed by atoms with Gasteiger partial charge in [0.15, 0.2) is 0 Å². The number of nitrogens with one attached hydrogen (secondary N) is 1. The summed E-state index contributed by atoms with van der Waals surface area (Å²) in [5.41, 5.74) is 0. The fourth-order valence-electron chi connectivity index (χ4n) is 2.08. The van der Waals surface area contributed by atoms with Gasteiger partial charge in [-0.05, 0) is 37.6 Å². The molecule has 0 aliphatic carbocycles. The number of ether oxygens (including phenoxy) is 1. The highest BCUT2D eigenvalue weighted by atomic mass is 16.5. The lowest BCUT2D eigenvalue weighted by atomic mass is 9.99. The van der Waals surface area contributed by atoms with Gasteiger partial charge >= 0.3 is 0 Å². The van der Waals surface area contributed by atoms with Crippen molar-refractivity contribution in [2.24, 2.45) is 11.8 Å². The molecule has 1 rings (SSSR count). The van der Waals surface area contributed by atoms with E-state index in [1.165, 1.54) is 0 Å². The van der Waals surface area contributed by atoms with Crippen LogP contribution in [0.4, 0.5) is 0 Å². The molecule has 2 N–H and O–H groups in total. The fraction of sp³-hybridized carbons (Fsp3) is 1.00. The van der Waals surface area contributed by atoms with Gasteiger partial charge in [-0.15, -0.1) is 0 Å². The Morgan fingerprint density at radius 2 is 2.00 bits per heavy atom. The van der Waals surface area contributed by atoms with Crippen molar-refractivity contribution < 1.29 is 9.84 Å². The Kier molecular flexibility index (Phi) is 6.22. The van der Waals surface area contributed by atoms with E-state index in [2.05, 4.69) is 19.2 Å². The van der Waals surface area contributed by atoms with Crippen molar-refractivity contribution in [3.63, 3.8) is 0 Å². The summed E-state index contributed by atoms with van der Waals surface area (Å²) in [6.07, 6.45) is 3.37. The monoisotopic (exact) mass is 215 g/mol. The molecule has 0 aromatic carbocycles. The van der Waals surface area contributed by atoms with E-state index in [0.717, 1.165) is 44.9 Å². The number of hydrogen-bond donors (Lipinski definition) is 2. The van der Waals surface area contributed by atoms with Crippen LogP contribution in [-0.4, -0.2) is 37.5 Å². The Labute approximate surface area is 93.2 Å². The minimum absolute atomic E-state index is 0.251. The summed E-state index contributed by atoms with van der Waals surface area (Å²) in [7, 11) is 0. The average Bonchev–Trinajstić information content (AvgIpc) is 2.25. The van der Waals surface area contributed by atoms with E-state index in [4.69, 9.17) is 4.74 Å². The lowest BCUT2D eigenvalue weighted by Crippen LogP contribution is -2.38. The van der Waals surface area contributed by atoms with Gasteiger partial charge in [0, 0.05) is 19.3 Å². The Morgan fingerprint density at radius 3 is 2.53 bits per heavy atom. The molecule has 1 fully saturated rings. The van der Waals surface area contributed by atoms with Gasteiger partial charge in [0.2, 0.25) is 0 Å². The first-order chi connectivity index (χ1) is 7.22. The fourth-order valence-corrected chi connectivity index (χ4v) is 2.08. The van der Waals surface area contributed by atoms with Crippen LogP contribution < -0.4 is 5.32 Å². The first kappa shape index (κ1) is 12.9. The largest absolute Gasteiger partial charge is 0.395 e. The van der Waals surface area contributed by atoms with Crippen molar-refractivity contribution in [2.75, 3.05) is 26.4 Å². The molecule has 3 heteroatoms. The van der Waals surface area contributed by atoms with E-state index in [0.29, 0.717) is 5.92 Å². The van der Waals surface area contributed by atoms with Crippen molar-refractivity contribution in [2.45, 2.75) is 39.2 Å². The van der Waals surface area contributed by atoms with E-state index < -0.39 is 0 Å². The first-order valence-corrected chi connectivity index (χ1v) is 6.14. The van der Waals surface area contributed by atoms with Crippen LogP contribution in [0.3, 0.4) is 0 Å². The van der Waals surface area contributed by atoms with Crippen LogP contribution in [0.2, 0.25) is 0 Å². The van der Waals surface area contributed by atoms with Gasteiger partial charge in [0.25, 0.3) is 0 Å². The highest BCUT2D eigenvalue weighted by molar-refractivity contribution is 4.72. The summed E-state index contributed by atoms with van der Waals surface area (Å²) in [6.45, 7) is 7.47. The van der Waals surface area contributed by atoms with Crippen LogP contribution in [0.25, 0.3) is 0 Å². The maximum Gasteiger partial charge on any atom is 0.0584 e. The molecule has 0 saturated carbocycles. The predicted octanol–water partition coefficient (Wildman–Crippen LogP) is 1.41. The summed E-state index contributed by atoms with van der Waals surface area (Å²) in [5, 5.41) is 12.7. The molecule has 1 aliphatic heterocycles. The molecule has 15 heavy (non-hydrogen) atoms. The van der Waals surface area contributed by atoms with Gasteiger partial charge in [-0.3, -0.25) is 0 Å². The molecule has 1 heterocycles. The molecule has 0 aromatic heterocycles. The second-order valence-corrected chi connectivity index (χ2v) is 4.97. The number of hydrogen-bond acceptors (Lipinski definition) is 3. The number of rotatable bonds is 6. The maximum absolute atomic E-state index is 9.22.